The summed E-state index contributed by atoms with van der Waals surface area (Å²) in [6.07, 6.45) is 4.04. The Morgan fingerprint density at radius 3 is 2.85 bits per heavy atom. The fourth-order valence-corrected chi connectivity index (χ4v) is 3.76. The van der Waals surface area contributed by atoms with Gasteiger partial charge in [-0.05, 0) is 30.9 Å². The van der Waals surface area contributed by atoms with Gasteiger partial charge in [-0.1, -0.05) is 30.3 Å². The van der Waals surface area contributed by atoms with E-state index >= 15 is 0 Å². The maximum atomic E-state index is 11.7. The molecule has 3 nitrogen and oxygen atoms in total. The molecule has 1 saturated heterocycles. The van der Waals surface area contributed by atoms with E-state index in [9.17, 15) is 9.59 Å². The van der Waals surface area contributed by atoms with E-state index in [0.29, 0.717) is 18.6 Å². The zero-order valence-electron chi connectivity index (χ0n) is 11.8. The molecule has 0 spiro atoms. The first-order valence-corrected chi connectivity index (χ1v) is 7.46. The number of nitrogens with zero attached hydrogens (tertiary/aromatic N) is 1. The van der Waals surface area contributed by atoms with E-state index < -0.39 is 0 Å². The SMILES string of the molecule is O=C[C@@]12CCC(=O)C[C@@H]1CCN(Cc1ccccc1)C2. The number of piperidine rings is 1. The average molecular weight is 271 g/mol. The minimum absolute atomic E-state index is 0.272. The molecule has 1 aliphatic heterocycles. The molecule has 0 bridgehead atoms. The van der Waals surface area contributed by atoms with Crippen LogP contribution in [0.2, 0.25) is 0 Å². The van der Waals surface area contributed by atoms with Gasteiger partial charge in [-0.3, -0.25) is 9.69 Å². The topological polar surface area (TPSA) is 37.4 Å². The number of carbonyl (C=O) groups excluding carboxylic acids is 2. The Morgan fingerprint density at radius 1 is 1.30 bits per heavy atom. The largest absolute Gasteiger partial charge is 0.303 e. The Bertz CT molecular complexity index is 499. The molecule has 1 aromatic carbocycles. The molecule has 0 amide bonds. The van der Waals surface area contributed by atoms with Crippen LogP contribution in [0.15, 0.2) is 30.3 Å². The minimum Gasteiger partial charge on any atom is -0.303 e. The van der Waals surface area contributed by atoms with Crippen molar-refractivity contribution in [3.63, 3.8) is 0 Å². The zero-order chi connectivity index (χ0) is 14.0. The van der Waals surface area contributed by atoms with Crippen LogP contribution in [0.5, 0.6) is 0 Å². The number of Topliss-reactive ketones (excluding diaryl/α,β-unsaturated/α-hetero) is 1. The van der Waals surface area contributed by atoms with Gasteiger partial charge < -0.3 is 4.79 Å². The molecule has 2 atom stereocenters. The number of hydrogen-bond donors (Lipinski definition) is 0. The second-order valence-corrected chi connectivity index (χ2v) is 6.28. The van der Waals surface area contributed by atoms with Crippen LogP contribution in [0.1, 0.15) is 31.2 Å². The minimum atomic E-state index is -0.277. The summed E-state index contributed by atoms with van der Waals surface area (Å²) >= 11 is 0. The molecule has 1 aliphatic carbocycles. The summed E-state index contributed by atoms with van der Waals surface area (Å²) in [5, 5.41) is 0. The fraction of sp³-hybridized carbons (Fsp3) is 0.529. The third-order valence-electron chi connectivity index (χ3n) is 4.95. The van der Waals surface area contributed by atoms with E-state index in [1.807, 2.05) is 6.07 Å². The summed E-state index contributed by atoms with van der Waals surface area (Å²) in [5.74, 6) is 0.609. The predicted octanol–water partition coefficient (Wildman–Crippen LogP) is 2.45. The first-order chi connectivity index (χ1) is 9.72. The molecule has 0 unspecified atom stereocenters. The quantitative estimate of drug-likeness (QED) is 0.792. The van der Waals surface area contributed by atoms with Gasteiger partial charge in [0.1, 0.15) is 12.1 Å². The van der Waals surface area contributed by atoms with Crippen LogP contribution in [0.25, 0.3) is 0 Å². The Kier molecular flexibility index (Phi) is 3.70. The summed E-state index contributed by atoms with van der Waals surface area (Å²) in [7, 11) is 0. The summed E-state index contributed by atoms with van der Waals surface area (Å²) in [4.78, 5) is 25.7. The Hall–Kier alpha value is -1.48. The van der Waals surface area contributed by atoms with Gasteiger partial charge in [0.05, 0.1) is 0 Å². The molecule has 1 aromatic rings. The van der Waals surface area contributed by atoms with Crippen LogP contribution in [0.4, 0.5) is 0 Å². The number of carbonyl (C=O) groups is 2. The van der Waals surface area contributed by atoms with Gasteiger partial charge >= 0.3 is 0 Å². The average Bonchev–Trinajstić information content (AvgIpc) is 2.49. The molecule has 20 heavy (non-hydrogen) atoms. The van der Waals surface area contributed by atoms with Crippen molar-refractivity contribution < 1.29 is 9.59 Å². The highest BCUT2D eigenvalue weighted by atomic mass is 16.1. The van der Waals surface area contributed by atoms with Crippen LogP contribution < -0.4 is 0 Å². The zero-order valence-corrected chi connectivity index (χ0v) is 11.8. The third-order valence-corrected chi connectivity index (χ3v) is 4.95. The van der Waals surface area contributed by atoms with Crippen LogP contribution in [-0.2, 0) is 16.1 Å². The molecule has 0 radical (unpaired) electrons. The Labute approximate surface area is 120 Å². The smallest absolute Gasteiger partial charge is 0.133 e. The van der Waals surface area contributed by atoms with Crippen molar-refractivity contribution in [2.45, 2.75) is 32.2 Å². The lowest BCUT2D eigenvalue weighted by Gasteiger charge is -2.47. The van der Waals surface area contributed by atoms with E-state index in [1.54, 1.807) is 0 Å². The highest BCUT2D eigenvalue weighted by Crippen LogP contribution is 2.44. The van der Waals surface area contributed by atoms with Crippen LogP contribution >= 0.6 is 0 Å². The van der Waals surface area contributed by atoms with E-state index in [-0.39, 0.29) is 11.3 Å². The summed E-state index contributed by atoms with van der Waals surface area (Å²) in [5.41, 5.74) is 1.01. The molecular weight excluding hydrogens is 250 g/mol. The number of rotatable bonds is 3. The van der Waals surface area contributed by atoms with Crippen molar-refractivity contribution in [1.82, 2.24) is 4.90 Å². The second-order valence-electron chi connectivity index (χ2n) is 6.28. The van der Waals surface area contributed by atoms with Gasteiger partial charge in [0.15, 0.2) is 0 Å². The summed E-state index contributed by atoms with van der Waals surface area (Å²) in [6, 6.07) is 10.4. The lowest BCUT2D eigenvalue weighted by Crippen LogP contribution is -2.52. The van der Waals surface area contributed by atoms with E-state index in [2.05, 4.69) is 29.2 Å². The van der Waals surface area contributed by atoms with Gasteiger partial charge in [0, 0.05) is 31.3 Å². The molecule has 1 saturated carbocycles. The molecule has 0 aromatic heterocycles. The summed E-state index contributed by atoms with van der Waals surface area (Å²) in [6.45, 7) is 2.70. The first kappa shape index (κ1) is 13.5. The van der Waals surface area contributed by atoms with Crippen LogP contribution in [0.3, 0.4) is 0 Å². The maximum absolute atomic E-state index is 11.7. The molecule has 3 rings (SSSR count). The number of aldehydes is 1. The van der Waals surface area contributed by atoms with Crippen molar-refractivity contribution in [3.8, 4) is 0 Å². The van der Waals surface area contributed by atoms with Gasteiger partial charge in [-0.25, -0.2) is 0 Å². The highest BCUT2D eigenvalue weighted by Gasteiger charge is 2.46. The van der Waals surface area contributed by atoms with E-state index in [0.717, 1.165) is 38.8 Å². The number of benzene rings is 1. The van der Waals surface area contributed by atoms with E-state index in [4.69, 9.17) is 0 Å². The lowest BCUT2D eigenvalue weighted by molar-refractivity contribution is -0.135. The number of fused-ring (bicyclic) bond motifs is 1. The van der Waals surface area contributed by atoms with Gasteiger partial charge in [0.2, 0.25) is 0 Å². The normalized spacial score (nSPS) is 30.8. The maximum Gasteiger partial charge on any atom is 0.133 e. The number of ketones is 1. The van der Waals surface area contributed by atoms with Crippen molar-refractivity contribution in [3.05, 3.63) is 35.9 Å². The van der Waals surface area contributed by atoms with Gasteiger partial charge in [0.25, 0.3) is 0 Å². The van der Waals surface area contributed by atoms with Crippen LogP contribution in [-0.4, -0.2) is 30.1 Å². The fourth-order valence-electron chi connectivity index (χ4n) is 3.76. The molecule has 3 heteroatoms. The molecule has 106 valence electrons. The molecule has 0 N–H and O–H groups in total. The van der Waals surface area contributed by atoms with Gasteiger partial charge in [-0.15, -0.1) is 0 Å². The second kappa shape index (κ2) is 5.49. The Balaban J connectivity index is 1.72. The van der Waals surface area contributed by atoms with Crippen molar-refractivity contribution in [1.29, 1.82) is 0 Å². The molecule has 1 heterocycles. The lowest BCUT2D eigenvalue weighted by atomic mass is 9.63. The van der Waals surface area contributed by atoms with Crippen molar-refractivity contribution in [2.24, 2.45) is 11.3 Å². The van der Waals surface area contributed by atoms with Crippen molar-refractivity contribution in [2.75, 3.05) is 13.1 Å². The summed E-state index contributed by atoms with van der Waals surface area (Å²) < 4.78 is 0. The monoisotopic (exact) mass is 271 g/mol. The predicted molar refractivity (Wildman–Crippen MR) is 77.2 cm³/mol. The van der Waals surface area contributed by atoms with Gasteiger partial charge in [-0.2, -0.15) is 0 Å². The number of likely N-dealkylation sites (tertiary alicyclic amines) is 1. The highest BCUT2D eigenvalue weighted by molar-refractivity contribution is 5.81. The third kappa shape index (κ3) is 2.55. The molecule has 2 fully saturated rings. The molecular formula is C17H21NO2. The Morgan fingerprint density at radius 2 is 2.10 bits per heavy atom. The van der Waals surface area contributed by atoms with Crippen molar-refractivity contribution >= 4 is 12.1 Å². The number of hydrogen-bond acceptors (Lipinski definition) is 3. The first-order valence-electron chi connectivity index (χ1n) is 7.46. The van der Waals surface area contributed by atoms with E-state index in [1.165, 1.54) is 5.56 Å². The van der Waals surface area contributed by atoms with Crippen LogP contribution in [0, 0.1) is 11.3 Å². The standard InChI is InChI=1S/C17H21NO2/c19-13-17-8-6-16(20)10-15(17)7-9-18(12-17)11-14-4-2-1-3-5-14/h1-5,13,15H,6-12H2/t15-,17-/m0/s1. The molecule has 2 aliphatic rings.